The van der Waals surface area contributed by atoms with Gasteiger partial charge in [-0.2, -0.15) is 0 Å². The van der Waals surface area contributed by atoms with Crippen molar-refractivity contribution in [2.75, 3.05) is 12.5 Å². The van der Waals surface area contributed by atoms with E-state index in [1.807, 2.05) is 38.1 Å². The van der Waals surface area contributed by atoms with E-state index in [1.54, 1.807) is 0 Å². The molecule has 0 N–H and O–H groups in total. The highest BCUT2D eigenvalue weighted by Crippen LogP contribution is 2.33. The van der Waals surface area contributed by atoms with Crippen LogP contribution in [0.5, 0.6) is 11.5 Å². The first-order valence-corrected chi connectivity index (χ1v) is 7.13. The second-order valence-electron chi connectivity index (χ2n) is 4.67. The molecule has 0 fully saturated rings. The molecular formula is C16H19ClO2. The van der Waals surface area contributed by atoms with Gasteiger partial charge in [0, 0.05) is 16.7 Å². The van der Waals surface area contributed by atoms with Crippen molar-refractivity contribution < 1.29 is 9.47 Å². The predicted molar refractivity (Wildman–Crippen MR) is 80.5 cm³/mol. The van der Waals surface area contributed by atoms with Crippen LogP contribution < -0.4 is 9.47 Å². The van der Waals surface area contributed by atoms with Crippen LogP contribution in [0.15, 0.2) is 36.4 Å². The molecular weight excluding hydrogens is 260 g/mol. The highest BCUT2D eigenvalue weighted by molar-refractivity contribution is 6.17. The lowest BCUT2D eigenvalue weighted by Gasteiger charge is -2.15. The van der Waals surface area contributed by atoms with Gasteiger partial charge in [0.1, 0.15) is 11.5 Å². The summed E-state index contributed by atoms with van der Waals surface area (Å²) in [6, 6.07) is 12.1. The summed E-state index contributed by atoms with van der Waals surface area (Å²) in [6.45, 7) is 4.69. The number of hydrogen-bond acceptors (Lipinski definition) is 2. The molecule has 0 heterocycles. The molecule has 2 aromatic carbocycles. The van der Waals surface area contributed by atoms with Gasteiger partial charge >= 0.3 is 0 Å². The Morgan fingerprint density at radius 2 is 1.63 bits per heavy atom. The molecule has 2 rings (SSSR count). The Morgan fingerprint density at radius 1 is 1.00 bits per heavy atom. The molecule has 0 radical (unpaired) electrons. The van der Waals surface area contributed by atoms with Crippen LogP contribution in [0.3, 0.4) is 0 Å². The third-order valence-corrected chi connectivity index (χ3v) is 3.01. The van der Waals surface area contributed by atoms with Crippen LogP contribution in [-0.2, 0) is 0 Å². The number of halogens is 1. The first-order valence-electron chi connectivity index (χ1n) is 6.59. The highest BCUT2D eigenvalue weighted by atomic mass is 35.5. The minimum absolute atomic E-state index is 0.159. The maximum absolute atomic E-state index is 5.83. The fraction of sp³-hybridized carbons (Fsp3) is 0.375. The van der Waals surface area contributed by atoms with Gasteiger partial charge in [0.25, 0.3) is 0 Å². The van der Waals surface area contributed by atoms with Crippen LogP contribution in [0.1, 0.15) is 20.3 Å². The van der Waals surface area contributed by atoms with E-state index in [0.717, 1.165) is 28.7 Å². The summed E-state index contributed by atoms with van der Waals surface area (Å²) in [5, 5.41) is 2.16. The summed E-state index contributed by atoms with van der Waals surface area (Å²) >= 11 is 5.67. The van der Waals surface area contributed by atoms with E-state index in [-0.39, 0.29) is 6.10 Å². The molecule has 102 valence electrons. The smallest absolute Gasteiger partial charge is 0.127 e. The van der Waals surface area contributed by atoms with E-state index in [2.05, 4.69) is 12.1 Å². The number of hydrogen-bond donors (Lipinski definition) is 0. The number of alkyl halides is 1. The maximum Gasteiger partial charge on any atom is 0.127 e. The van der Waals surface area contributed by atoms with Gasteiger partial charge in [0.05, 0.1) is 12.7 Å². The van der Waals surface area contributed by atoms with Crippen LogP contribution in [0, 0.1) is 0 Å². The van der Waals surface area contributed by atoms with Crippen LogP contribution >= 0.6 is 11.6 Å². The molecule has 0 aliphatic heterocycles. The van der Waals surface area contributed by atoms with Crippen molar-refractivity contribution in [3.8, 4) is 11.5 Å². The van der Waals surface area contributed by atoms with Crippen molar-refractivity contribution in [3.05, 3.63) is 36.4 Å². The van der Waals surface area contributed by atoms with Crippen molar-refractivity contribution >= 4 is 22.4 Å². The predicted octanol–water partition coefficient (Wildman–Crippen LogP) is 4.63. The molecule has 19 heavy (non-hydrogen) atoms. The lowest BCUT2D eigenvalue weighted by molar-refractivity contribution is 0.245. The Morgan fingerprint density at radius 3 is 2.26 bits per heavy atom. The lowest BCUT2D eigenvalue weighted by atomic mass is 10.1. The first kappa shape index (κ1) is 14.0. The third-order valence-electron chi connectivity index (χ3n) is 2.74. The van der Waals surface area contributed by atoms with E-state index in [0.29, 0.717) is 12.5 Å². The second-order valence-corrected chi connectivity index (χ2v) is 5.04. The summed E-state index contributed by atoms with van der Waals surface area (Å²) < 4.78 is 11.6. The molecule has 0 aromatic heterocycles. The quantitative estimate of drug-likeness (QED) is 0.566. The molecule has 2 nitrogen and oxygen atoms in total. The maximum atomic E-state index is 5.83. The third kappa shape index (κ3) is 3.54. The number of fused-ring (bicyclic) bond motifs is 1. The largest absolute Gasteiger partial charge is 0.493 e. The molecule has 0 saturated carbocycles. The van der Waals surface area contributed by atoms with Gasteiger partial charge in [0.15, 0.2) is 0 Å². The van der Waals surface area contributed by atoms with Crippen LogP contribution in [0.2, 0.25) is 0 Å². The molecule has 0 aliphatic carbocycles. The summed E-state index contributed by atoms with van der Waals surface area (Å²) in [5.41, 5.74) is 0. The molecule has 0 bridgehead atoms. The molecule has 0 aliphatic rings. The molecule has 0 amide bonds. The van der Waals surface area contributed by atoms with Crippen molar-refractivity contribution in [1.29, 1.82) is 0 Å². The monoisotopic (exact) mass is 278 g/mol. The molecule has 3 heteroatoms. The normalized spacial score (nSPS) is 10.9. The van der Waals surface area contributed by atoms with E-state index in [9.17, 15) is 0 Å². The van der Waals surface area contributed by atoms with Gasteiger partial charge in [-0.25, -0.2) is 0 Å². The number of ether oxygens (including phenoxy) is 2. The number of benzene rings is 2. The fourth-order valence-electron chi connectivity index (χ4n) is 1.96. The topological polar surface area (TPSA) is 18.5 Å². The summed E-state index contributed by atoms with van der Waals surface area (Å²) in [7, 11) is 0. The second kappa shape index (κ2) is 6.67. The molecule has 0 spiro atoms. The van der Waals surface area contributed by atoms with Crippen LogP contribution in [-0.4, -0.2) is 18.6 Å². The van der Waals surface area contributed by atoms with Gasteiger partial charge < -0.3 is 9.47 Å². The van der Waals surface area contributed by atoms with Gasteiger partial charge in [-0.1, -0.05) is 24.3 Å². The van der Waals surface area contributed by atoms with Gasteiger partial charge in [-0.05, 0) is 32.4 Å². The van der Waals surface area contributed by atoms with E-state index in [4.69, 9.17) is 21.1 Å². The van der Waals surface area contributed by atoms with Crippen molar-refractivity contribution in [1.82, 2.24) is 0 Å². The Kier molecular flexibility index (Phi) is 4.92. The van der Waals surface area contributed by atoms with Crippen molar-refractivity contribution in [3.63, 3.8) is 0 Å². The van der Waals surface area contributed by atoms with E-state index >= 15 is 0 Å². The average molecular weight is 279 g/mol. The zero-order valence-electron chi connectivity index (χ0n) is 11.4. The van der Waals surface area contributed by atoms with Gasteiger partial charge in [-0.3, -0.25) is 0 Å². The SMILES string of the molecule is CC(C)Oc1ccc(OCCCCl)c2ccccc12. The molecule has 0 unspecified atom stereocenters. The molecule has 0 atom stereocenters. The molecule has 0 saturated heterocycles. The first-order chi connectivity index (χ1) is 9.22. The summed E-state index contributed by atoms with van der Waals surface area (Å²) in [4.78, 5) is 0. The van der Waals surface area contributed by atoms with E-state index < -0.39 is 0 Å². The minimum Gasteiger partial charge on any atom is -0.493 e. The Balaban J connectivity index is 2.34. The van der Waals surface area contributed by atoms with Crippen molar-refractivity contribution in [2.45, 2.75) is 26.4 Å². The summed E-state index contributed by atoms with van der Waals surface area (Å²) in [5.74, 6) is 2.40. The highest BCUT2D eigenvalue weighted by Gasteiger charge is 2.08. The van der Waals surface area contributed by atoms with Crippen LogP contribution in [0.4, 0.5) is 0 Å². The van der Waals surface area contributed by atoms with Crippen molar-refractivity contribution in [2.24, 2.45) is 0 Å². The fourth-order valence-corrected chi connectivity index (χ4v) is 2.07. The van der Waals surface area contributed by atoms with Crippen LogP contribution in [0.25, 0.3) is 10.8 Å². The van der Waals surface area contributed by atoms with Gasteiger partial charge in [0.2, 0.25) is 0 Å². The minimum atomic E-state index is 0.159. The zero-order valence-corrected chi connectivity index (χ0v) is 12.1. The Bertz CT molecular complexity index is 537. The Labute approximate surface area is 119 Å². The lowest BCUT2D eigenvalue weighted by Crippen LogP contribution is -2.06. The summed E-state index contributed by atoms with van der Waals surface area (Å²) in [6.07, 6.45) is 1.01. The molecule has 2 aromatic rings. The standard InChI is InChI=1S/C16H19ClO2/c1-12(2)19-16-9-8-15(18-11-5-10-17)13-6-3-4-7-14(13)16/h3-4,6-9,12H,5,10-11H2,1-2H3. The average Bonchev–Trinajstić information content (AvgIpc) is 2.41. The number of rotatable bonds is 6. The Hall–Kier alpha value is -1.41. The van der Waals surface area contributed by atoms with E-state index in [1.165, 1.54) is 0 Å². The van der Waals surface area contributed by atoms with Gasteiger partial charge in [-0.15, -0.1) is 11.6 Å². The zero-order chi connectivity index (χ0) is 13.7.